The van der Waals surface area contributed by atoms with E-state index in [1.807, 2.05) is 24.4 Å². The maximum atomic E-state index is 12.0. The minimum atomic E-state index is 0.0114. The number of anilines is 1. The van der Waals surface area contributed by atoms with Gasteiger partial charge in [-0.1, -0.05) is 11.6 Å². The van der Waals surface area contributed by atoms with Crippen molar-refractivity contribution in [3.8, 4) is 5.69 Å². The molecule has 2 heterocycles. The van der Waals surface area contributed by atoms with Crippen molar-refractivity contribution in [3.05, 3.63) is 41.7 Å². The van der Waals surface area contributed by atoms with Gasteiger partial charge in [0.2, 0.25) is 5.91 Å². The maximum absolute atomic E-state index is 12.0. The minimum Gasteiger partial charge on any atom is -0.326 e. The average Bonchev–Trinajstić information content (AvgIpc) is 3.11. The van der Waals surface area contributed by atoms with Crippen molar-refractivity contribution in [2.24, 2.45) is 0 Å². The number of amides is 1. The molecule has 1 saturated heterocycles. The number of hydrogen-bond donors (Lipinski definition) is 2. The first kappa shape index (κ1) is 14.1. The molecule has 1 fully saturated rings. The Bertz CT molecular complexity index is 621. The summed E-state index contributed by atoms with van der Waals surface area (Å²) in [6, 6.07) is 7.56. The lowest BCUT2D eigenvalue weighted by Gasteiger charge is -2.11. The van der Waals surface area contributed by atoms with E-state index in [4.69, 9.17) is 11.6 Å². The molecule has 1 aliphatic rings. The highest BCUT2D eigenvalue weighted by atomic mass is 35.5. The Morgan fingerprint density at radius 1 is 1.52 bits per heavy atom. The molecule has 0 radical (unpaired) electrons. The molecule has 0 aliphatic carbocycles. The lowest BCUT2D eigenvalue weighted by molar-refractivity contribution is -0.116. The van der Waals surface area contributed by atoms with Crippen LogP contribution in [0.25, 0.3) is 5.69 Å². The zero-order chi connectivity index (χ0) is 14.7. The van der Waals surface area contributed by atoms with Crippen LogP contribution in [0.5, 0.6) is 0 Å². The molecule has 0 saturated carbocycles. The number of aromatic nitrogens is 2. The number of carbonyl (C=O) groups excluding carboxylic acids is 1. The van der Waals surface area contributed by atoms with Crippen molar-refractivity contribution in [3.63, 3.8) is 0 Å². The molecule has 2 N–H and O–H groups in total. The van der Waals surface area contributed by atoms with Crippen molar-refractivity contribution in [1.29, 1.82) is 0 Å². The molecule has 21 heavy (non-hydrogen) atoms. The Hall–Kier alpha value is -1.85. The first-order valence-corrected chi connectivity index (χ1v) is 7.43. The van der Waals surface area contributed by atoms with E-state index < -0.39 is 0 Å². The summed E-state index contributed by atoms with van der Waals surface area (Å²) in [5.74, 6) is 0.0114. The Balaban J connectivity index is 1.66. The zero-order valence-corrected chi connectivity index (χ0v) is 12.3. The molecule has 0 spiro atoms. The summed E-state index contributed by atoms with van der Waals surface area (Å²) in [4.78, 5) is 12.0. The van der Waals surface area contributed by atoms with Crippen molar-refractivity contribution in [2.45, 2.75) is 25.3 Å². The SMILES string of the molecule is O=C(CC1CCCN1)Nc1ccc(-n2cccn2)c(Cl)c1. The summed E-state index contributed by atoms with van der Waals surface area (Å²) in [6.07, 6.45) is 6.22. The summed E-state index contributed by atoms with van der Waals surface area (Å²) >= 11 is 6.25. The molecule has 3 rings (SSSR count). The van der Waals surface area contributed by atoms with Crippen LogP contribution in [0.2, 0.25) is 5.02 Å². The van der Waals surface area contributed by atoms with Crippen LogP contribution in [-0.4, -0.2) is 28.3 Å². The van der Waals surface area contributed by atoms with Crippen LogP contribution in [0.3, 0.4) is 0 Å². The number of nitrogens with zero attached hydrogens (tertiary/aromatic N) is 2. The van der Waals surface area contributed by atoms with Crippen LogP contribution in [0.15, 0.2) is 36.7 Å². The van der Waals surface area contributed by atoms with E-state index >= 15 is 0 Å². The summed E-state index contributed by atoms with van der Waals surface area (Å²) in [5.41, 5.74) is 1.50. The van der Waals surface area contributed by atoms with Crippen LogP contribution in [0.4, 0.5) is 5.69 Å². The number of nitrogens with one attached hydrogen (secondary N) is 2. The van der Waals surface area contributed by atoms with Gasteiger partial charge >= 0.3 is 0 Å². The van der Waals surface area contributed by atoms with Gasteiger partial charge in [-0.2, -0.15) is 5.10 Å². The van der Waals surface area contributed by atoms with E-state index in [1.165, 1.54) is 0 Å². The quantitative estimate of drug-likeness (QED) is 0.913. The van der Waals surface area contributed by atoms with E-state index in [0.29, 0.717) is 23.2 Å². The largest absolute Gasteiger partial charge is 0.326 e. The third-order valence-electron chi connectivity index (χ3n) is 3.58. The zero-order valence-electron chi connectivity index (χ0n) is 11.6. The predicted molar refractivity (Wildman–Crippen MR) is 82.8 cm³/mol. The summed E-state index contributed by atoms with van der Waals surface area (Å²) in [7, 11) is 0. The fraction of sp³-hybridized carbons (Fsp3) is 0.333. The van der Waals surface area contributed by atoms with Crippen molar-refractivity contribution < 1.29 is 4.79 Å². The second-order valence-corrected chi connectivity index (χ2v) is 5.57. The molecule has 1 aromatic heterocycles. The van der Waals surface area contributed by atoms with Crippen molar-refractivity contribution >= 4 is 23.2 Å². The lowest BCUT2D eigenvalue weighted by Crippen LogP contribution is -2.27. The molecule has 1 atom stereocenters. The van der Waals surface area contributed by atoms with Crippen molar-refractivity contribution in [1.82, 2.24) is 15.1 Å². The smallest absolute Gasteiger partial charge is 0.225 e. The van der Waals surface area contributed by atoms with E-state index in [0.717, 1.165) is 25.1 Å². The fourth-order valence-electron chi connectivity index (χ4n) is 2.55. The molecular weight excluding hydrogens is 288 g/mol. The standard InChI is InChI=1S/C15H17ClN4O/c16-13-9-12(4-5-14(13)20-8-2-7-18-20)19-15(21)10-11-3-1-6-17-11/h2,4-5,7-9,11,17H,1,3,6,10H2,(H,19,21). The Labute approximate surface area is 128 Å². The molecule has 5 nitrogen and oxygen atoms in total. The highest BCUT2D eigenvalue weighted by molar-refractivity contribution is 6.32. The van der Waals surface area contributed by atoms with Gasteiger partial charge in [-0.3, -0.25) is 4.79 Å². The third-order valence-corrected chi connectivity index (χ3v) is 3.88. The topological polar surface area (TPSA) is 59.0 Å². The van der Waals surface area contributed by atoms with Gasteiger partial charge in [-0.25, -0.2) is 4.68 Å². The highest BCUT2D eigenvalue weighted by Gasteiger charge is 2.17. The number of rotatable bonds is 4. The normalized spacial score (nSPS) is 17.9. The van der Waals surface area contributed by atoms with Gasteiger partial charge in [0, 0.05) is 30.5 Å². The van der Waals surface area contributed by atoms with Crippen LogP contribution < -0.4 is 10.6 Å². The minimum absolute atomic E-state index is 0.0114. The van der Waals surface area contributed by atoms with Gasteiger partial charge in [-0.05, 0) is 43.7 Å². The molecule has 0 bridgehead atoms. The number of carbonyl (C=O) groups is 1. The Morgan fingerprint density at radius 3 is 3.10 bits per heavy atom. The molecule has 1 aliphatic heterocycles. The predicted octanol–water partition coefficient (Wildman–Crippen LogP) is 2.61. The van der Waals surface area contributed by atoms with Gasteiger partial charge in [-0.15, -0.1) is 0 Å². The van der Waals surface area contributed by atoms with Crippen LogP contribution in [0.1, 0.15) is 19.3 Å². The van der Waals surface area contributed by atoms with E-state index in [-0.39, 0.29) is 5.91 Å². The molecular formula is C15H17ClN4O. The molecule has 1 aromatic carbocycles. The average molecular weight is 305 g/mol. The van der Waals surface area contributed by atoms with E-state index in [9.17, 15) is 4.79 Å². The first-order chi connectivity index (χ1) is 10.2. The van der Waals surface area contributed by atoms with Crippen molar-refractivity contribution in [2.75, 3.05) is 11.9 Å². The highest BCUT2D eigenvalue weighted by Crippen LogP contribution is 2.24. The summed E-state index contributed by atoms with van der Waals surface area (Å²) in [6.45, 7) is 1.00. The monoisotopic (exact) mass is 304 g/mol. The molecule has 110 valence electrons. The van der Waals surface area contributed by atoms with Gasteiger partial charge in [0.25, 0.3) is 0 Å². The van der Waals surface area contributed by atoms with Gasteiger partial charge in [0.15, 0.2) is 0 Å². The third kappa shape index (κ3) is 3.43. The number of benzene rings is 1. The Kier molecular flexibility index (Phi) is 4.22. The Morgan fingerprint density at radius 2 is 2.43 bits per heavy atom. The second kappa shape index (κ2) is 6.28. The second-order valence-electron chi connectivity index (χ2n) is 5.16. The van der Waals surface area contributed by atoms with E-state index in [2.05, 4.69) is 15.7 Å². The van der Waals surface area contributed by atoms with Gasteiger partial charge < -0.3 is 10.6 Å². The van der Waals surface area contributed by atoms with Crippen LogP contribution in [-0.2, 0) is 4.79 Å². The molecule has 1 amide bonds. The lowest BCUT2D eigenvalue weighted by atomic mass is 10.1. The first-order valence-electron chi connectivity index (χ1n) is 7.05. The summed E-state index contributed by atoms with van der Waals surface area (Å²) < 4.78 is 1.69. The fourth-order valence-corrected chi connectivity index (χ4v) is 2.82. The van der Waals surface area contributed by atoms with Crippen LogP contribution >= 0.6 is 11.6 Å². The van der Waals surface area contributed by atoms with Crippen LogP contribution in [0, 0.1) is 0 Å². The van der Waals surface area contributed by atoms with Gasteiger partial charge in [0.1, 0.15) is 0 Å². The molecule has 2 aromatic rings. The number of halogens is 1. The van der Waals surface area contributed by atoms with E-state index in [1.54, 1.807) is 16.9 Å². The molecule has 1 unspecified atom stereocenters. The maximum Gasteiger partial charge on any atom is 0.225 e. The number of hydrogen-bond acceptors (Lipinski definition) is 3. The van der Waals surface area contributed by atoms with Gasteiger partial charge in [0.05, 0.1) is 10.7 Å². The summed E-state index contributed by atoms with van der Waals surface area (Å²) in [5, 5.41) is 10.9. The molecule has 6 heteroatoms.